The number of carbonyl (C=O) groups excluding carboxylic acids is 2. The van der Waals surface area contributed by atoms with Gasteiger partial charge in [0.05, 0.1) is 16.9 Å². The van der Waals surface area contributed by atoms with Gasteiger partial charge in [-0.3, -0.25) is 9.59 Å². The monoisotopic (exact) mass is 354 g/mol. The van der Waals surface area contributed by atoms with Gasteiger partial charge >= 0.3 is 0 Å². The van der Waals surface area contributed by atoms with E-state index in [1.807, 2.05) is 0 Å². The summed E-state index contributed by atoms with van der Waals surface area (Å²) in [5, 5.41) is 2.74. The molecular weight excluding hydrogens is 332 g/mol. The number of anilines is 1. The Bertz CT molecular complexity index is 725. The van der Waals surface area contributed by atoms with Gasteiger partial charge in [0.1, 0.15) is 0 Å². The molecule has 0 aromatic heterocycles. The fourth-order valence-corrected chi connectivity index (χ4v) is 4.64. The highest BCUT2D eigenvalue weighted by atomic mass is 32.2. The maximum Gasteiger partial charge on any atom is 0.251 e. The SMILES string of the molecule is COCCCNC(=O)c1ccc(N2C(=O)C(C)(C)CS2(=O)=O)cc1. The third-order valence-electron chi connectivity index (χ3n) is 3.76. The number of hydrogen-bond acceptors (Lipinski definition) is 5. The summed E-state index contributed by atoms with van der Waals surface area (Å²) in [6.07, 6.45) is 0.704. The largest absolute Gasteiger partial charge is 0.385 e. The van der Waals surface area contributed by atoms with E-state index in [0.29, 0.717) is 25.1 Å². The maximum atomic E-state index is 12.3. The molecule has 0 atom stereocenters. The summed E-state index contributed by atoms with van der Waals surface area (Å²) in [6.45, 7) is 4.26. The second-order valence-electron chi connectivity index (χ2n) is 6.36. The number of benzene rings is 1. The summed E-state index contributed by atoms with van der Waals surface area (Å²) in [7, 11) is -2.09. The first-order chi connectivity index (χ1) is 11.2. The van der Waals surface area contributed by atoms with Crippen molar-refractivity contribution in [1.82, 2.24) is 5.32 Å². The number of rotatable bonds is 6. The van der Waals surface area contributed by atoms with E-state index < -0.39 is 21.3 Å². The van der Waals surface area contributed by atoms with Crippen LogP contribution >= 0.6 is 0 Å². The average molecular weight is 354 g/mol. The van der Waals surface area contributed by atoms with Crippen molar-refractivity contribution in [3.63, 3.8) is 0 Å². The van der Waals surface area contributed by atoms with Crippen molar-refractivity contribution >= 4 is 27.5 Å². The van der Waals surface area contributed by atoms with E-state index in [2.05, 4.69) is 5.32 Å². The topological polar surface area (TPSA) is 92.8 Å². The molecule has 132 valence electrons. The zero-order valence-corrected chi connectivity index (χ0v) is 14.9. The molecule has 7 nitrogen and oxygen atoms in total. The lowest BCUT2D eigenvalue weighted by Crippen LogP contribution is -2.33. The Kier molecular flexibility index (Phi) is 5.29. The molecule has 1 aliphatic heterocycles. The van der Waals surface area contributed by atoms with Gasteiger partial charge in [-0.05, 0) is 44.5 Å². The molecule has 0 radical (unpaired) electrons. The summed E-state index contributed by atoms with van der Waals surface area (Å²) in [4.78, 5) is 24.3. The van der Waals surface area contributed by atoms with Gasteiger partial charge in [-0.2, -0.15) is 0 Å². The van der Waals surface area contributed by atoms with Crippen LogP contribution in [0.25, 0.3) is 0 Å². The Hall–Kier alpha value is -1.93. The van der Waals surface area contributed by atoms with Crippen molar-refractivity contribution in [3.05, 3.63) is 29.8 Å². The minimum atomic E-state index is -3.68. The van der Waals surface area contributed by atoms with Crippen LogP contribution in [0.1, 0.15) is 30.6 Å². The lowest BCUT2D eigenvalue weighted by atomic mass is 9.95. The van der Waals surface area contributed by atoms with Crippen molar-refractivity contribution in [2.45, 2.75) is 20.3 Å². The molecule has 1 aromatic carbocycles. The van der Waals surface area contributed by atoms with Gasteiger partial charge in [0.2, 0.25) is 15.9 Å². The number of sulfonamides is 1. The fourth-order valence-electron chi connectivity index (χ4n) is 2.53. The Balaban J connectivity index is 2.12. The van der Waals surface area contributed by atoms with Crippen LogP contribution in [0.5, 0.6) is 0 Å². The van der Waals surface area contributed by atoms with Gasteiger partial charge < -0.3 is 10.1 Å². The molecule has 0 unspecified atom stereocenters. The van der Waals surface area contributed by atoms with E-state index in [0.717, 1.165) is 4.31 Å². The highest BCUT2D eigenvalue weighted by Crippen LogP contribution is 2.35. The molecular formula is C16H22N2O5S. The first-order valence-corrected chi connectivity index (χ1v) is 9.24. The summed E-state index contributed by atoms with van der Waals surface area (Å²) >= 11 is 0. The summed E-state index contributed by atoms with van der Waals surface area (Å²) in [6, 6.07) is 5.96. The van der Waals surface area contributed by atoms with Gasteiger partial charge in [0.25, 0.3) is 5.91 Å². The first kappa shape index (κ1) is 18.4. The van der Waals surface area contributed by atoms with Crippen molar-refractivity contribution < 1.29 is 22.7 Å². The van der Waals surface area contributed by atoms with E-state index >= 15 is 0 Å². The minimum Gasteiger partial charge on any atom is -0.385 e. The van der Waals surface area contributed by atoms with E-state index in [1.54, 1.807) is 21.0 Å². The molecule has 1 aromatic rings. The predicted molar refractivity (Wildman–Crippen MR) is 90.3 cm³/mol. The van der Waals surface area contributed by atoms with Gasteiger partial charge in [-0.25, -0.2) is 12.7 Å². The number of ether oxygens (including phenoxy) is 1. The number of hydrogen-bond donors (Lipinski definition) is 1. The Morgan fingerprint density at radius 1 is 1.29 bits per heavy atom. The normalized spacial score (nSPS) is 18.6. The summed E-state index contributed by atoms with van der Waals surface area (Å²) < 4.78 is 30.2. The highest BCUT2D eigenvalue weighted by Gasteiger charge is 2.49. The standard InChI is InChI=1S/C16H22N2O5S/c1-16(2)11-24(21,22)18(15(16)20)13-7-5-12(6-8-13)14(19)17-9-4-10-23-3/h5-8H,4,9-11H2,1-3H3,(H,17,19). The lowest BCUT2D eigenvalue weighted by molar-refractivity contribution is -0.123. The third kappa shape index (κ3) is 3.76. The number of nitrogens with zero attached hydrogens (tertiary/aromatic N) is 1. The fraction of sp³-hybridized carbons (Fsp3) is 0.500. The zero-order valence-electron chi connectivity index (χ0n) is 14.0. The minimum absolute atomic E-state index is 0.222. The lowest BCUT2D eigenvalue weighted by Gasteiger charge is -2.17. The van der Waals surface area contributed by atoms with Crippen LogP contribution in [0, 0.1) is 5.41 Å². The van der Waals surface area contributed by atoms with Crippen LogP contribution in [-0.4, -0.2) is 46.2 Å². The zero-order chi connectivity index (χ0) is 18.0. The van der Waals surface area contributed by atoms with E-state index in [9.17, 15) is 18.0 Å². The van der Waals surface area contributed by atoms with E-state index in [4.69, 9.17) is 4.74 Å². The van der Waals surface area contributed by atoms with Crippen LogP contribution in [-0.2, 0) is 19.6 Å². The second-order valence-corrected chi connectivity index (χ2v) is 8.18. The predicted octanol–water partition coefficient (Wildman–Crippen LogP) is 1.16. The van der Waals surface area contributed by atoms with E-state index in [-0.39, 0.29) is 17.3 Å². The van der Waals surface area contributed by atoms with Crippen molar-refractivity contribution in [2.75, 3.05) is 30.3 Å². The van der Waals surface area contributed by atoms with Crippen LogP contribution in [0.4, 0.5) is 5.69 Å². The number of carbonyl (C=O) groups is 2. The van der Waals surface area contributed by atoms with Crippen LogP contribution in [0.15, 0.2) is 24.3 Å². The first-order valence-electron chi connectivity index (χ1n) is 7.64. The molecule has 24 heavy (non-hydrogen) atoms. The highest BCUT2D eigenvalue weighted by molar-refractivity contribution is 7.94. The van der Waals surface area contributed by atoms with Crippen LogP contribution < -0.4 is 9.62 Å². The Morgan fingerprint density at radius 2 is 1.92 bits per heavy atom. The molecule has 1 saturated heterocycles. The van der Waals surface area contributed by atoms with Crippen LogP contribution in [0.2, 0.25) is 0 Å². The van der Waals surface area contributed by atoms with E-state index in [1.165, 1.54) is 24.3 Å². The summed E-state index contributed by atoms with van der Waals surface area (Å²) in [5.74, 6) is -0.937. The molecule has 1 N–H and O–H groups in total. The molecule has 2 rings (SSSR count). The Labute approximate surface area is 142 Å². The van der Waals surface area contributed by atoms with Gasteiger partial charge in [0.15, 0.2) is 0 Å². The molecule has 0 saturated carbocycles. The number of nitrogens with one attached hydrogen (secondary N) is 1. The average Bonchev–Trinajstić information content (AvgIpc) is 2.67. The van der Waals surface area contributed by atoms with Crippen molar-refractivity contribution in [3.8, 4) is 0 Å². The maximum absolute atomic E-state index is 12.3. The van der Waals surface area contributed by atoms with Gasteiger partial charge in [-0.1, -0.05) is 0 Å². The smallest absolute Gasteiger partial charge is 0.251 e. The number of amides is 2. The molecule has 1 aliphatic rings. The molecule has 0 spiro atoms. The molecule has 0 aliphatic carbocycles. The molecule has 0 bridgehead atoms. The second kappa shape index (κ2) is 6.90. The molecule has 1 heterocycles. The molecule has 8 heteroatoms. The van der Waals surface area contributed by atoms with Crippen molar-refractivity contribution in [1.29, 1.82) is 0 Å². The van der Waals surface area contributed by atoms with Crippen LogP contribution in [0.3, 0.4) is 0 Å². The Morgan fingerprint density at radius 3 is 2.42 bits per heavy atom. The third-order valence-corrected chi connectivity index (χ3v) is 5.78. The molecule has 2 amide bonds. The van der Waals surface area contributed by atoms with Crippen molar-refractivity contribution in [2.24, 2.45) is 5.41 Å². The number of methoxy groups -OCH3 is 1. The quantitative estimate of drug-likeness (QED) is 0.774. The molecule has 1 fully saturated rings. The van der Waals surface area contributed by atoms with Gasteiger partial charge in [-0.15, -0.1) is 0 Å². The summed E-state index contributed by atoms with van der Waals surface area (Å²) in [5.41, 5.74) is -0.295. The van der Waals surface area contributed by atoms with Gasteiger partial charge in [0, 0.05) is 25.8 Å².